The number of aromatic nitrogens is 2. The average molecular weight is 410 g/mol. The van der Waals surface area contributed by atoms with Crippen LogP contribution in [-0.4, -0.2) is 38.9 Å². The first-order valence-electron chi connectivity index (χ1n) is 9.22. The lowest BCUT2D eigenvalue weighted by Gasteiger charge is -2.13. The highest BCUT2D eigenvalue weighted by Crippen LogP contribution is 2.33. The van der Waals surface area contributed by atoms with E-state index in [4.69, 9.17) is 21.3 Å². The number of nitrogens with zero attached hydrogens (tertiary/aromatic N) is 1. The molecular formula is C21H22N4O5. The van der Waals surface area contributed by atoms with E-state index in [-0.39, 0.29) is 23.8 Å². The summed E-state index contributed by atoms with van der Waals surface area (Å²) in [5, 5.41) is 18.5. The largest absolute Gasteiger partial charge is 0.493 e. The Balaban J connectivity index is 2.02. The van der Waals surface area contributed by atoms with Crippen LogP contribution in [0.25, 0.3) is 22.5 Å². The lowest BCUT2D eigenvalue weighted by atomic mass is 9.98. The molecule has 0 spiro atoms. The summed E-state index contributed by atoms with van der Waals surface area (Å²) >= 11 is 0. The number of aliphatic hydroxyl groups is 1. The number of carboxylic acid groups (broad SMARTS) is 1. The maximum absolute atomic E-state index is 12.0. The Kier molecular flexibility index (Phi) is 6.03. The van der Waals surface area contributed by atoms with Crippen molar-refractivity contribution >= 4 is 17.5 Å². The van der Waals surface area contributed by atoms with Crippen LogP contribution < -0.4 is 21.8 Å². The van der Waals surface area contributed by atoms with Gasteiger partial charge in [0, 0.05) is 6.42 Å². The Morgan fingerprint density at radius 3 is 2.60 bits per heavy atom. The van der Waals surface area contributed by atoms with Crippen molar-refractivity contribution in [3.8, 4) is 28.3 Å². The van der Waals surface area contributed by atoms with Crippen molar-refractivity contribution in [1.29, 1.82) is 0 Å². The number of nitrogens with one attached hydrogen (secondary N) is 1. The fourth-order valence-corrected chi connectivity index (χ4v) is 2.99. The molecule has 7 N–H and O–H groups in total. The van der Waals surface area contributed by atoms with E-state index < -0.39 is 17.6 Å². The number of nitrogen functional groups attached to an aromatic ring is 2. The Morgan fingerprint density at radius 1 is 1.20 bits per heavy atom. The Morgan fingerprint density at radius 2 is 1.93 bits per heavy atom. The van der Waals surface area contributed by atoms with E-state index in [9.17, 15) is 14.7 Å². The summed E-state index contributed by atoms with van der Waals surface area (Å²) in [7, 11) is 0. The van der Waals surface area contributed by atoms with E-state index in [1.165, 1.54) is 0 Å². The number of carboxylic acids is 1. The summed E-state index contributed by atoms with van der Waals surface area (Å²) < 4.78 is 5.74. The minimum Gasteiger partial charge on any atom is -0.493 e. The van der Waals surface area contributed by atoms with Crippen LogP contribution in [0.5, 0.6) is 5.75 Å². The monoisotopic (exact) mass is 410 g/mol. The summed E-state index contributed by atoms with van der Waals surface area (Å²) in [6.07, 6.45) is -1.48. The molecule has 0 saturated heterocycles. The predicted octanol–water partition coefficient (Wildman–Crippen LogP) is 1.65. The van der Waals surface area contributed by atoms with E-state index >= 15 is 0 Å². The highest BCUT2D eigenvalue weighted by molar-refractivity contribution is 5.75. The maximum atomic E-state index is 12.0. The van der Waals surface area contributed by atoms with Crippen molar-refractivity contribution in [3.63, 3.8) is 0 Å². The van der Waals surface area contributed by atoms with Crippen LogP contribution in [0.15, 0.2) is 47.3 Å². The van der Waals surface area contributed by atoms with Crippen LogP contribution in [0.3, 0.4) is 0 Å². The van der Waals surface area contributed by atoms with E-state index in [2.05, 4.69) is 9.97 Å². The molecule has 0 aliphatic carbocycles. The zero-order chi connectivity index (χ0) is 21.8. The van der Waals surface area contributed by atoms with Crippen LogP contribution in [0.4, 0.5) is 11.5 Å². The third kappa shape index (κ3) is 4.41. The standard InChI is InChI=1S/C21H22N4O5/c1-2-30-16-10-13(12-5-3-4-11(8-12)9-15(26)21(28)29)6-7-14(16)19-24-18(23)17(22)20(27)25-19/h3-8,10,15,26H,2,9,22H2,1H3,(H,28,29)(H3,23,24,25,27). The molecule has 0 amide bonds. The minimum absolute atomic E-state index is 0.00452. The summed E-state index contributed by atoms with van der Waals surface area (Å²) in [5.41, 5.74) is 13.5. The molecule has 1 heterocycles. The number of H-pyrrole nitrogens is 1. The van der Waals surface area contributed by atoms with E-state index in [0.717, 1.165) is 11.1 Å². The Hall–Kier alpha value is -3.85. The van der Waals surface area contributed by atoms with Gasteiger partial charge in [-0.15, -0.1) is 0 Å². The number of anilines is 2. The van der Waals surface area contributed by atoms with Gasteiger partial charge in [-0.3, -0.25) is 4.79 Å². The highest BCUT2D eigenvalue weighted by Gasteiger charge is 2.16. The molecule has 1 atom stereocenters. The molecule has 0 saturated carbocycles. The Labute approximate surface area is 172 Å². The van der Waals surface area contributed by atoms with Gasteiger partial charge in [0.15, 0.2) is 11.9 Å². The molecule has 0 aliphatic rings. The van der Waals surface area contributed by atoms with Crippen molar-refractivity contribution in [2.45, 2.75) is 19.4 Å². The molecule has 30 heavy (non-hydrogen) atoms. The van der Waals surface area contributed by atoms with Crippen molar-refractivity contribution in [1.82, 2.24) is 9.97 Å². The second-order valence-electron chi connectivity index (χ2n) is 6.62. The number of benzene rings is 2. The van der Waals surface area contributed by atoms with Crippen molar-refractivity contribution in [3.05, 3.63) is 58.4 Å². The molecule has 0 bridgehead atoms. The lowest BCUT2D eigenvalue weighted by Crippen LogP contribution is -2.21. The molecule has 0 fully saturated rings. The number of nitrogens with two attached hydrogens (primary N) is 2. The Bertz CT molecular complexity index is 1140. The summed E-state index contributed by atoms with van der Waals surface area (Å²) in [5.74, 6) is -0.615. The number of hydrogen-bond acceptors (Lipinski definition) is 7. The first kappa shape index (κ1) is 20.9. The molecule has 3 aromatic rings. The van der Waals surface area contributed by atoms with Gasteiger partial charge in [-0.05, 0) is 35.7 Å². The van der Waals surface area contributed by atoms with Gasteiger partial charge in [-0.25, -0.2) is 9.78 Å². The van der Waals surface area contributed by atoms with Gasteiger partial charge < -0.3 is 31.4 Å². The van der Waals surface area contributed by atoms with Crippen LogP contribution in [0, 0.1) is 0 Å². The first-order chi connectivity index (χ1) is 14.3. The second kappa shape index (κ2) is 8.66. The normalized spacial score (nSPS) is 11.8. The van der Waals surface area contributed by atoms with E-state index in [1.54, 1.807) is 30.3 Å². The third-order valence-corrected chi connectivity index (χ3v) is 4.50. The molecule has 0 radical (unpaired) electrons. The van der Waals surface area contributed by atoms with Crippen LogP contribution in [0.2, 0.25) is 0 Å². The quantitative estimate of drug-likeness (QED) is 0.392. The minimum atomic E-state index is -1.47. The molecule has 1 aromatic heterocycles. The number of hydrogen-bond donors (Lipinski definition) is 5. The number of aromatic amines is 1. The number of aliphatic carboxylic acids is 1. The van der Waals surface area contributed by atoms with Gasteiger partial charge in [0.25, 0.3) is 5.56 Å². The molecule has 3 rings (SSSR count). The maximum Gasteiger partial charge on any atom is 0.332 e. The third-order valence-electron chi connectivity index (χ3n) is 4.50. The van der Waals surface area contributed by atoms with Crippen LogP contribution in [0.1, 0.15) is 12.5 Å². The SMILES string of the molecule is CCOc1cc(-c2cccc(CC(O)C(=O)O)c2)ccc1-c1nc(N)c(N)c(=O)[nH]1. The van der Waals surface area contributed by atoms with Crippen molar-refractivity contribution in [2.24, 2.45) is 0 Å². The molecule has 1 unspecified atom stereocenters. The fourth-order valence-electron chi connectivity index (χ4n) is 2.99. The van der Waals surface area contributed by atoms with E-state index in [0.29, 0.717) is 23.5 Å². The van der Waals surface area contributed by atoms with Gasteiger partial charge >= 0.3 is 5.97 Å². The average Bonchev–Trinajstić information content (AvgIpc) is 2.72. The van der Waals surface area contributed by atoms with Gasteiger partial charge in [-0.2, -0.15) is 0 Å². The molecule has 2 aromatic carbocycles. The number of ether oxygens (including phenoxy) is 1. The van der Waals surface area contributed by atoms with Gasteiger partial charge in [0.1, 0.15) is 17.3 Å². The second-order valence-corrected chi connectivity index (χ2v) is 6.62. The molecular weight excluding hydrogens is 388 g/mol. The lowest BCUT2D eigenvalue weighted by molar-refractivity contribution is -0.146. The summed E-state index contributed by atoms with van der Waals surface area (Å²) in [4.78, 5) is 29.6. The summed E-state index contributed by atoms with van der Waals surface area (Å²) in [6.45, 7) is 2.22. The van der Waals surface area contributed by atoms with Gasteiger partial charge in [0.2, 0.25) is 0 Å². The van der Waals surface area contributed by atoms with Gasteiger partial charge in [-0.1, -0.05) is 30.3 Å². The van der Waals surface area contributed by atoms with Gasteiger partial charge in [0.05, 0.1) is 12.2 Å². The summed E-state index contributed by atoms with van der Waals surface area (Å²) in [6, 6.07) is 12.6. The number of aliphatic hydroxyl groups excluding tert-OH is 1. The smallest absolute Gasteiger partial charge is 0.332 e. The first-order valence-corrected chi connectivity index (χ1v) is 9.22. The molecule has 156 valence electrons. The van der Waals surface area contributed by atoms with Crippen molar-refractivity contribution < 1.29 is 19.7 Å². The zero-order valence-electron chi connectivity index (χ0n) is 16.3. The topological polar surface area (TPSA) is 165 Å². The molecule has 9 heteroatoms. The highest BCUT2D eigenvalue weighted by atomic mass is 16.5. The predicted molar refractivity (Wildman–Crippen MR) is 113 cm³/mol. The van der Waals surface area contributed by atoms with Crippen molar-refractivity contribution in [2.75, 3.05) is 18.1 Å². The van der Waals surface area contributed by atoms with Crippen LogP contribution in [-0.2, 0) is 11.2 Å². The fraction of sp³-hybridized carbons (Fsp3) is 0.190. The molecule has 0 aliphatic heterocycles. The van der Waals surface area contributed by atoms with Crippen LogP contribution >= 0.6 is 0 Å². The zero-order valence-corrected chi connectivity index (χ0v) is 16.3. The number of rotatable bonds is 7. The van der Waals surface area contributed by atoms with E-state index in [1.807, 2.05) is 19.1 Å². The number of carbonyl (C=O) groups is 1. The molecule has 9 nitrogen and oxygen atoms in total.